The Labute approximate surface area is 256 Å². The first-order valence-electron chi connectivity index (χ1n) is 15.1. The Morgan fingerprint density at radius 2 is 1.00 bits per heavy atom. The molecule has 212 valence electrons. The van der Waals surface area contributed by atoms with Crippen LogP contribution in [0.25, 0.3) is 21.9 Å². The van der Waals surface area contributed by atoms with Gasteiger partial charge in [-0.15, -0.1) is 0 Å². The lowest BCUT2D eigenvalue weighted by Crippen LogP contribution is -2.17. The van der Waals surface area contributed by atoms with Crippen molar-refractivity contribution in [1.82, 2.24) is 0 Å². The maximum Gasteiger partial charge on any atom is 0.0540 e. The lowest BCUT2D eigenvalue weighted by molar-refractivity contribution is 0.939. The van der Waals surface area contributed by atoms with Crippen LogP contribution in [0.5, 0.6) is 0 Å². The standard InChI is InChI=1S/C41H38N2/c1-4-5-8-30-42(36-22-14-31(2)15-23-36)37-26-18-33(19-27-37)34-20-28-39(29-21-34)43(38-24-16-32(3)17-25-38)41-13-9-11-35-10-6-7-12-40(35)41/h4-7,9-29H,8,30H2,1-3H3/b5-4-. The van der Waals surface area contributed by atoms with Crippen LogP contribution in [-0.2, 0) is 0 Å². The van der Waals surface area contributed by atoms with Crippen LogP contribution < -0.4 is 9.80 Å². The number of hydrogen-bond donors (Lipinski definition) is 0. The van der Waals surface area contributed by atoms with Gasteiger partial charge in [0.1, 0.15) is 0 Å². The van der Waals surface area contributed by atoms with Crippen molar-refractivity contribution in [3.05, 3.63) is 163 Å². The molecular weight excluding hydrogens is 520 g/mol. The smallest absolute Gasteiger partial charge is 0.0540 e. The van der Waals surface area contributed by atoms with Gasteiger partial charge in [0.05, 0.1) is 5.69 Å². The molecule has 0 aliphatic heterocycles. The third-order valence-electron chi connectivity index (χ3n) is 8.04. The van der Waals surface area contributed by atoms with Crippen molar-refractivity contribution in [1.29, 1.82) is 0 Å². The largest absolute Gasteiger partial charge is 0.341 e. The van der Waals surface area contributed by atoms with E-state index in [1.165, 1.54) is 50.1 Å². The predicted molar refractivity (Wildman–Crippen MR) is 186 cm³/mol. The zero-order valence-electron chi connectivity index (χ0n) is 25.2. The average Bonchev–Trinajstić information content (AvgIpc) is 3.05. The molecule has 0 aromatic heterocycles. The second-order valence-corrected chi connectivity index (χ2v) is 11.1. The monoisotopic (exact) mass is 558 g/mol. The summed E-state index contributed by atoms with van der Waals surface area (Å²) in [6, 6.07) is 50.6. The highest BCUT2D eigenvalue weighted by molar-refractivity contribution is 5.99. The van der Waals surface area contributed by atoms with Gasteiger partial charge in [-0.1, -0.05) is 108 Å². The molecule has 0 saturated heterocycles. The summed E-state index contributed by atoms with van der Waals surface area (Å²) in [5, 5.41) is 2.47. The minimum atomic E-state index is 0.935. The maximum absolute atomic E-state index is 2.40. The normalized spacial score (nSPS) is 11.2. The van der Waals surface area contributed by atoms with Gasteiger partial charge in [0, 0.05) is 34.7 Å². The van der Waals surface area contributed by atoms with E-state index in [0.29, 0.717) is 0 Å². The van der Waals surface area contributed by atoms with Crippen molar-refractivity contribution in [2.45, 2.75) is 27.2 Å². The van der Waals surface area contributed by atoms with E-state index in [0.717, 1.165) is 24.3 Å². The molecule has 0 saturated carbocycles. The van der Waals surface area contributed by atoms with E-state index in [-0.39, 0.29) is 0 Å². The average molecular weight is 559 g/mol. The van der Waals surface area contributed by atoms with E-state index in [1.54, 1.807) is 0 Å². The van der Waals surface area contributed by atoms with Crippen LogP contribution in [0.15, 0.2) is 152 Å². The molecule has 2 nitrogen and oxygen atoms in total. The van der Waals surface area contributed by atoms with Crippen LogP contribution in [-0.4, -0.2) is 6.54 Å². The molecule has 0 atom stereocenters. The van der Waals surface area contributed by atoms with Crippen LogP contribution in [0.2, 0.25) is 0 Å². The van der Waals surface area contributed by atoms with Gasteiger partial charge in [-0.2, -0.15) is 0 Å². The zero-order valence-corrected chi connectivity index (χ0v) is 25.2. The molecule has 0 amide bonds. The van der Waals surface area contributed by atoms with Gasteiger partial charge in [0.15, 0.2) is 0 Å². The number of anilines is 5. The molecule has 0 aliphatic rings. The maximum atomic E-state index is 2.40. The van der Waals surface area contributed by atoms with Crippen molar-refractivity contribution < 1.29 is 0 Å². The van der Waals surface area contributed by atoms with Crippen LogP contribution in [0.3, 0.4) is 0 Å². The number of allylic oxidation sites excluding steroid dienone is 1. The molecule has 2 heteroatoms. The summed E-state index contributed by atoms with van der Waals surface area (Å²) in [5.41, 5.74) is 10.8. The third-order valence-corrected chi connectivity index (χ3v) is 8.04. The topological polar surface area (TPSA) is 6.48 Å². The van der Waals surface area contributed by atoms with E-state index in [9.17, 15) is 0 Å². The van der Waals surface area contributed by atoms with Gasteiger partial charge >= 0.3 is 0 Å². The molecule has 6 aromatic carbocycles. The fourth-order valence-corrected chi connectivity index (χ4v) is 5.66. The summed E-state index contributed by atoms with van der Waals surface area (Å²) in [6.07, 6.45) is 5.36. The number of fused-ring (bicyclic) bond motifs is 1. The molecule has 43 heavy (non-hydrogen) atoms. The highest BCUT2D eigenvalue weighted by atomic mass is 15.1. The molecule has 0 heterocycles. The Morgan fingerprint density at radius 1 is 0.512 bits per heavy atom. The Bertz CT molecular complexity index is 1810. The van der Waals surface area contributed by atoms with E-state index in [4.69, 9.17) is 0 Å². The van der Waals surface area contributed by atoms with Crippen LogP contribution in [0, 0.1) is 13.8 Å². The molecule has 6 aromatic rings. The number of nitrogens with zero attached hydrogens (tertiary/aromatic N) is 2. The van der Waals surface area contributed by atoms with Gasteiger partial charge in [0.2, 0.25) is 0 Å². The van der Waals surface area contributed by atoms with E-state index in [2.05, 4.69) is 182 Å². The molecule has 0 bridgehead atoms. The SMILES string of the molecule is C/C=C\CCN(c1ccc(C)cc1)c1ccc(-c2ccc(N(c3ccc(C)cc3)c3cccc4ccccc34)cc2)cc1. The number of benzene rings is 6. The van der Waals surface area contributed by atoms with Crippen molar-refractivity contribution in [2.75, 3.05) is 16.3 Å². The first-order chi connectivity index (χ1) is 21.1. The van der Waals surface area contributed by atoms with Crippen LogP contribution in [0.1, 0.15) is 24.5 Å². The van der Waals surface area contributed by atoms with E-state index < -0.39 is 0 Å². The van der Waals surface area contributed by atoms with Crippen LogP contribution in [0.4, 0.5) is 28.4 Å². The second kappa shape index (κ2) is 12.8. The molecular formula is C41H38N2. The van der Waals surface area contributed by atoms with Gasteiger partial charge in [-0.25, -0.2) is 0 Å². The van der Waals surface area contributed by atoms with Gasteiger partial charge in [-0.05, 0) is 98.3 Å². The highest BCUT2D eigenvalue weighted by Gasteiger charge is 2.15. The lowest BCUT2D eigenvalue weighted by Gasteiger charge is -2.27. The number of rotatable bonds is 9. The molecule has 0 radical (unpaired) electrons. The molecule has 0 unspecified atom stereocenters. The van der Waals surface area contributed by atoms with Gasteiger partial charge in [-0.3, -0.25) is 0 Å². The summed E-state index contributed by atoms with van der Waals surface area (Å²) >= 11 is 0. The summed E-state index contributed by atoms with van der Waals surface area (Å²) in [6.45, 7) is 7.28. The summed E-state index contributed by atoms with van der Waals surface area (Å²) < 4.78 is 0. The molecule has 0 N–H and O–H groups in total. The summed E-state index contributed by atoms with van der Waals surface area (Å²) in [4.78, 5) is 4.76. The molecule has 6 rings (SSSR count). The van der Waals surface area contributed by atoms with Crippen molar-refractivity contribution in [2.24, 2.45) is 0 Å². The minimum absolute atomic E-state index is 0.935. The molecule has 0 spiro atoms. The van der Waals surface area contributed by atoms with Gasteiger partial charge in [0.25, 0.3) is 0 Å². The van der Waals surface area contributed by atoms with Crippen molar-refractivity contribution in [3.8, 4) is 11.1 Å². The summed E-state index contributed by atoms with van der Waals surface area (Å²) in [5.74, 6) is 0. The fraction of sp³-hybridized carbons (Fsp3) is 0.122. The quantitative estimate of drug-likeness (QED) is 0.163. The van der Waals surface area contributed by atoms with Crippen molar-refractivity contribution >= 4 is 39.2 Å². The highest BCUT2D eigenvalue weighted by Crippen LogP contribution is 2.39. The third kappa shape index (κ3) is 6.24. The number of aryl methyl sites for hydroxylation is 2. The zero-order chi connectivity index (χ0) is 29.6. The predicted octanol–water partition coefficient (Wildman–Crippen LogP) is 11.7. The van der Waals surface area contributed by atoms with E-state index in [1.807, 2.05) is 0 Å². The fourth-order valence-electron chi connectivity index (χ4n) is 5.66. The first-order valence-corrected chi connectivity index (χ1v) is 15.1. The first kappa shape index (κ1) is 28.1. The number of hydrogen-bond acceptors (Lipinski definition) is 2. The molecule has 0 fully saturated rings. The Hall–Kier alpha value is -5.08. The Morgan fingerprint density at radius 3 is 1.58 bits per heavy atom. The van der Waals surface area contributed by atoms with Crippen molar-refractivity contribution in [3.63, 3.8) is 0 Å². The van der Waals surface area contributed by atoms with Gasteiger partial charge < -0.3 is 9.80 Å². The Kier molecular flexibility index (Phi) is 8.38. The minimum Gasteiger partial charge on any atom is -0.341 e. The van der Waals surface area contributed by atoms with E-state index >= 15 is 0 Å². The lowest BCUT2D eigenvalue weighted by atomic mass is 10.0. The molecule has 0 aliphatic carbocycles. The summed E-state index contributed by atoms with van der Waals surface area (Å²) in [7, 11) is 0. The second-order valence-electron chi connectivity index (χ2n) is 11.1. The Balaban J connectivity index is 1.32. The van der Waals surface area contributed by atoms with Crippen LogP contribution >= 0.6 is 0 Å².